The number of aliphatic hydroxyl groups is 1. The zero-order chi connectivity index (χ0) is 13.5. The van der Waals surface area contributed by atoms with Gasteiger partial charge in [-0.05, 0) is 25.5 Å². The van der Waals surface area contributed by atoms with Gasteiger partial charge in [-0.2, -0.15) is 0 Å². The van der Waals surface area contributed by atoms with Gasteiger partial charge in [-0.25, -0.2) is 9.78 Å². The molecule has 0 aliphatic heterocycles. The molecular weight excluding hydrogens is 232 g/mol. The van der Waals surface area contributed by atoms with Crippen LogP contribution in [0.5, 0.6) is 0 Å². The standard InChI is InChI=1S/C13H20N2O3/c1-4-7-15(8-9-16)12-6-5-11(10(2)14-12)13(17)18-3/h5-6,16H,4,7-9H2,1-3H3. The Morgan fingerprint density at radius 1 is 1.44 bits per heavy atom. The molecule has 1 N–H and O–H groups in total. The molecule has 0 aromatic carbocycles. The number of rotatable bonds is 6. The van der Waals surface area contributed by atoms with Crippen LogP contribution in [0.4, 0.5) is 5.82 Å². The number of anilines is 1. The molecule has 0 aliphatic carbocycles. The Balaban J connectivity index is 2.97. The van der Waals surface area contributed by atoms with Crippen molar-refractivity contribution < 1.29 is 14.6 Å². The summed E-state index contributed by atoms with van der Waals surface area (Å²) in [6, 6.07) is 3.49. The Hall–Kier alpha value is -1.62. The third-order valence-corrected chi connectivity index (χ3v) is 2.66. The smallest absolute Gasteiger partial charge is 0.339 e. The van der Waals surface area contributed by atoms with Gasteiger partial charge in [0.05, 0.1) is 25.0 Å². The predicted octanol–water partition coefficient (Wildman–Crippen LogP) is 1.39. The third kappa shape index (κ3) is 3.43. The van der Waals surface area contributed by atoms with E-state index >= 15 is 0 Å². The van der Waals surface area contributed by atoms with E-state index < -0.39 is 0 Å². The van der Waals surface area contributed by atoms with Gasteiger partial charge >= 0.3 is 5.97 Å². The van der Waals surface area contributed by atoms with Crippen molar-refractivity contribution >= 4 is 11.8 Å². The lowest BCUT2D eigenvalue weighted by molar-refractivity contribution is 0.0599. The summed E-state index contributed by atoms with van der Waals surface area (Å²) in [6.45, 7) is 5.29. The van der Waals surface area contributed by atoms with Gasteiger partial charge in [0.1, 0.15) is 5.82 Å². The van der Waals surface area contributed by atoms with Gasteiger partial charge in [0, 0.05) is 13.1 Å². The Kier molecular flexibility index (Phi) is 5.58. The van der Waals surface area contributed by atoms with Crippen molar-refractivity contribution in [3.8, 4) is 0 Å². The number of hydrogen-bond acceptors (Lipinski definition) is 5. The van der Waals surface area contributed by atoms with E-state index in [4.69, 9.17) is 5.11 Å². The molecule has 5 nitrogen and oxygen atoms in total. The van der Waals surface area contributed by atoms with E-state index in [9.17, 15) is 4.79 Å². The van der Waals surface area contributed by atoms with Crippen molar-refractivity contribution in [2.45, 2.75) is 20.3 Å². The van der Waals surface area contributed by atoms with Crippen molar-refractivity contribution in [1.29, 1.82) is 0 Å². The van der Waals surface area contributed by atoms with E-state index in [2.05, 4.69) is 16.6 Å². The van der Waals surface area contributed by atoms with E-state index in [0.717, 1.165) is 18.8 Å². The van der Waals surface area contributed by atoms with Gasteiger partial charge in [-0.3, -0.25) is 0 Å². The Morgan fingerprint density at radius 2 is 2.17 bits per heavy atom. The predicted molar refractivity (Wildman–Crippen MR) is 69.9 cm³/mol. The highest BCUT2D eigenvalue weighted by molar-refractivity contribution is 5.90. The molecular formula is C13H20N2O3. The number of carbonyl (C=O) groups excluding carboxylic acids is 1. The van der Waals surface area contributed by atoms with Crippen LogP contribution in [0.25, 0.3) is 0 Å². The summed E-state index contributed by atoms with van der Waals surface area (Å²) in [7, 11) is 1.35. The average Bonchev–Trinajstić information content (AvgIpc) is 2.37. The number of ether oxygens (including phenoxy) is 1. The van der Waals surface area contributed by atoms with Gasteiger partial charge < -0.3 is 14.7 Å². The van der Waals surface area contributed by atoms with E-state index in [1.54, 1.807) is 19.1 Å². The number of nitrogens with zero attached hydrogens (tertiary/aromatic N) is 2. The summed E-state index contributed by atoms with van der Waals surface area (Å²) < 4.78 is 4.68. The minimum Gasteiger partial charge on any atom is -0.465 e. The summed E-state index contributed by atoms with van der Waals surface area (Å²) in [6.07, 6.45) is 0.972. The summed E-state index contributed by atoms with van der Waals surface area (Å²) in [5.74, 6) is 0.395. The molecule has 0 radical (unpaired) electrons. The number of methoxy groups -OCH3 is 1. The van der Waals surface area contributed by atoms with E-state index in [-0.39, 0.29) is 12.6 Å². The van der Waals surface area contributed by atoms with Gasteiger partial charge in [-0.15, -0.1) is 0 Å². The van der Waals surface area contributed by atoms with E-state index in [0.29, 0.717) is 17.8 Å². The maximum Gasteiger partial charge on any atom is 0.339 e. The first-order valence-corrected chi connectivity index (χ1v) is 6.05. The number of aromatic nitrogens is 1. The molecule has 0 aliphatic rings. The number of esters is 1. The molecule has 5 heteroatoms. The maximum absolute atomic E-state index is 11.5. The lowest BCUT2D eigenvalue weighted by Crippen LogP contribution is -2.28. The van der Waals surface area contributed by atoms with Crippen LogP contribution in [-0.2, 0) is 4.74 Å². The zero-order valence-electron chi connectivity index (χ0n) is 11.1. The Bertz CT molecular complexity index is 401. The molecule has 1 aromatic rings. The minimum absolute atomic E-state index is 0.0828. The number of carbonyl (C=O) groups is 1. The van der Waals surface area contributed by atoms with Crippen LogP contribution in [-0.4, -0.2) is 42.9 Å². The van der Waals surface area contributed by atoms with Crippen LogP contribution >= 0.6 is 0 Å². The van der Waals surface area contributed by atoms with Crippen LogP contribution < -0.4 is 4.90 Å². The average molecular weight is 252 g/mol. The molecule has 1 heterocycles. The summed E-state index contributed by atoms with van der Waals surface area (Å²) in [5, 5.41) is 9.03. The van der Waals surface area contributed by atoms with Gasteiger partial charge in [0.25, 0.3) is 0 Å². The van der Waals surface area contributed by atoms with Crippen molar-refractivity contribution in [2.75, 3.05) is 31.7 Å². The highest BCUT2D eigenvalue weighted by Gasteiger charge is 2.13. The monoisotopic (exact) mass is 252 g/mol. The number of hydrogen-bond donors (Lipinski definition) is 1. The zero-order valence-corrected chi connectivity index (χ0v) is 11.1. The second-order valence-electron chi connectivity index (χ2n) is 4.00. The topological polar surface area (TPSA) is 62.7 Å². The summed E-state index contributed by atoms with van der Waals surface area (Å²) in [4.78, 5) is 17.8. The molecule has 0 saturated heterocycles. The molecule has 18 heavy (non-hydrogen) atoms. The Labute approximate surface area is 107 Å². The van der Waals surface area contributed by atoms with Gasteiger partial charge in [0.15, 0.2) is 0 Å². The van der Waals surface area contributed by atoms with E-state index in [1.807, 2.05) is 4.90 Å². The SMILES string of the molecule is CCCN(CCO)c1ccc(C(=O)OC)c(C)n1. The van der Waals surface area contributed by atoms with Crippen LogP contribution in [0.2, 0.25) is 0 Å². The molecule has 0 atom stereocenters. The first kappa shape index (κ1) is 14.4. The fourth-order valence-corrected chi connectivity index (χ4v) is 1.78. The molecule has 0 saturated carbocycles. The van der Waals surface area contributed by atoms with Gasteiger partial charge in [-0.1, -0.05) is 6.92 Å². The normalized spacial score (nSPS) is 10.2. The molecule has 1 rings (SSSR count). The molecule has 0 bridgehead atoms. The first-order chi connectivity index (χ1) is 8.63. The lowest BCUT2D eigenvalue weighted by atomic mass is 10.2. The lowest BCUT2D eigenvalue weighted by Gasteiger charge is -2.22. The third-order valence-electron chi connectivity index (χ3n) is 2.66. The molecule has 0 unspecified atom stereocenters. The van der Waals surface area contributed by atoms with Crippen molar-refractivity contribution in [3.05, 3.63) is 23.4 Å². The van der Waals surface area contributed by atoms with Crippen molar-refractivity contribution in [3.63, 3.8) is 0 Å². The summed E-state index contributed by atoms with van der Waals surface area (Å²) in [5.41, 5.74) is 1.11. The largest absolute Gasteiger partial charge is 0.465 e. The highest BCUT2D eigenvalue weighted by Crippen LogP contribution is 2.15. The number of aryl methyl sites for hydroxylation is 1. The fourth-order valence-electron chi connectivity index (χ4n) is 1.78. The number of aliphatic hydroxyl groups excluding tert-OH is 1. The fraction of sp³-hybridized carbons (Fsp3) is 0.538. The molecule has 1 aromatic heterocycles. The molecule has 0 spiro atoms. The summed E-state index contributed by atoms with van der Waals surface area (Å²) >= 11 is 0. The van der Waals surface area contributed by atoms with Crippen molar-refractivity contribution in [1.82, 2.24) is 4.98 Å². The number of pyridine rings is 1. The van der Waals surface area contributed by atoms with Gasteiger partial charge in [0.2, 0.25) is 0 Å². The van der Waals surface area contributed by atoms with Crippen LogP contribution in [0.15, 0.2) is 12.1 Å². The second kappa shape index (κ2) is 6.96. The van der Waals surface area contributed by atoms with E-state index in [1.165, 1.54) is 7.11 Å². The van der Waals surface area contributed by atoms with Crippen molar-refractivity contribution in [2.24, 2.45) is 0 Å². The highest BCUT2D eigenvalue weighted by atomic mass is 16.5. The van der Waals surface area contributed by atoms with Crippen LogP contribution in [0.1, 0.15) is 29.4 Å². The van der Waals surface area contributed by atoms with Crippen LogP contribution in [0.3, 0.4) is 0 Å². The minimum atomic E-state index is -0.379. The molecule has 0 amide bonds. The second-order valence-corrected chi connectivity index (χ2v) is 4.00. The Morgan fingerprint density at radius 3 is 2.67 bits per heavy atom. The maximum atomic E-state index is 11.5. The molecule has 0 fully saturated rings. The van der Waals surface area contributed by atoms with Crippen LogP contribution in [0, 0.1) is 6.92 Å². The molecule has 100 valence electrons. The first-order valence-electron chi connectivity index (χ1n) is 6.05. The quantitative estimate of drug-likeness (QED) is 0.775.